The van der Waals surface area contributed by atoms with Crippen LogP contribution in [0.4, 0.5) is 5.69 Å². The Morgan fingerprint density at radius 2 is 1.97 bits per heavy atom. The molecule has 3 aromatic heterocycles. The summed E-state index contributed by atoms with van der Waals surface area (Å²) in [5.74, 6) is 2.39. The lowest BCUT2D eigenvalue weighted by molar-refractivity contribution is -0.384. The maximum Gasteiger partial charge on any atom is 0.269 e. The third-order valence-electron chi connectivity index (χ3n) is 5.31. The third kappa shape index (κ3) is 3.78. The van der Waals surface area contributed by atoms with Crippen LogP contribution in [0.15, 0.2) is 68.4 Å². The molecule has 0 fully saturated rings. The highest BCUT2D eigenvalue weighted by molar-refractivity contribution is 5.59. The van der Waals surface area contributed by atoms with Crippen molar-refractivity contribution in [2.45, 2.75) is 19.5 Å². The summed E-state index contributed by atoms with van der Waals surface area (Å²) in [5, 5.41) is 10.8. The van der Waals surface area contributed by atoms with Gasteiger partial charge < -0.3 is 13.8 Å². The van der Waals surface area contributed by atoms with Gasteiger partial charge in [0.25, 0.3) is 11.2 Å². The minimum absolute atomic E-state index is 0.0385. The van der Waals surface area contributed by atoms with Crippen molar-refractivity contribution < 1.29 is 13.8 Å². The van der Waals surface area contributed by atoms with Gasteiger partial charge in [-0.25, -0.2) is 4.98 Å². The van der Waals surface area contributed by atoms with Gasteiger partial charge in [0.1, 0.15) is 11.5 Å². The molecule has 0 saturated carbocycles. The first-order chi connectivity index (χ1) is 15.1. The van der Waals surface area contributed by atoms with Crippen LogP contribution in [-0.2, 0) is 19.5 Å². The Morgan fingerprint density at radius 3 is 2.71 bits per heavy atom. The summed E-state index contributed by atoms with van der Waals surface area (Å²) < 4.78 is 11.3. The third-order valence-corrected chi connectivity index (χ3v) is 5.31. The molecule has 0 bridgehead atoms. The highest BCUT2D eigenvalue weighted by atomic mass is 16.6. The van der Waals surface area contributed by atoms with Crippen LogP contribution in [0.1, 0.15) is 17.0 Å². The van der Waals surface area contributed by atoms with Crippen molar-refractivity contribution in [3.8, 4) is 22.9 Å². The van der Waals surface area contributed by atoms with Gasteiger partial charge in [0.2, 0.25) is 0 Å². The van der Waals surface area contributed by atoms with Gasteiger partial charge >= 0.3 is 0 Å². The standard InChI is InChI=1S/C22H18N4O5/c27-22-17-13-25(10-9-18(17)23-21(24-22)20-2-1-11-30-20)12-16-7-8-19(31-16)14-3-5-15(6-4-14)26(28)29/h1-8,11H,9-10,12-13H2,(H,23,24,27). The number of furan rings is 2. The molecule has 1 aromatic carbocycles. The first-order valence-electron chi connectivity index (χ1n) is 9.78. The van der Waals surface area contributed by atoms with E-state index >= 15 is 0 Å². The van der Waals surface area contributed by atoms with E-state index in [1.807, 2.05) is 12.1 Å². The number of H-pyrrole nitrogens is 1. The molecule has 4 aromatic rings. The Kier molecular flexibility index (Phi) is 4.72. The van der Waals surface area contributed by atoms with Gasteiger partial charge in [0, 0.05) is 37.2 Å². The smallest absolute Gasteiger partial charge is 0.269 e. The van der Waals surface area contributed by atoms with Crippen molar-refractivity contribution in [1.29, 1.82) is 0 Å². The topological polar surface area (TPSA) is 118 Å². The summed E-state index contributed by atoms with van der Waals surface area (Å²) in [4.78, 5) is 32.5. The average Bonchev–Trinajstić information content (AvgIpc) is 3.47. The van der Waals surface area contributed by atoms with Crippen LogP contribution in [0.5, 0.6) is 0 Å². The molecule has 9 heteroatoms. The second-order valence-corrected chi connectivity index (χ2v) is 7.35. The molecule has 156 valence electrons. The molecule has 1 aliphatic rings. The van der Waals surface area contributed by atoms with Crippen molar-refractivity contribution >= 4 is 5.69 Å². The number of rotatable bonds is 5. The number of hydrogen-bond donors (Lipinski definition) is 1. The maximum atomic E-state index is 12.6. The van der Waals surface area contributed by atoms with Crippen molar-refractivity contribution in [2.75, 3.05) is 6.54 Å². The summed E-state index contributed by atoms with van der Waals surface area (Å²) >= 11 is 0. The van der Waals surface area contributed by atoms with Crippen molar-refractivity contribution in [2.24, 2.45) is 0 Å². The molecule has 31 heavy (non-hydrogen) atoms. The Morgan fingerprint density at radius 1 is 1.13 bits per heavy atom. The second kappa shape index (κ2) is 7.69. The van der Waals surface area contributed by atoms with Crippen LogP contribution in [0.25, 0.3) is 22.9 Å². The number of fused-ring (bicyclic) bond motifs is 1. The van der Waals surface area contributed by atoms with E-state index < -0.39 is 4.92 Å². The van der Waals surface area contributed by atoms with Crippen LogP contribution in [0.3, 0.4) is 0 Å². The number of nitrogens with one attached hydrogen (secondary N) is 1. The monoisotopic (exact) mass is 418 g/mol. The van der Waals surface area contributed by atoms with E-state index in [4.69, 9.17) is 8.83 Å². The number of hydrogen-bond acceptors (Lipinski definition) is 7. The van der Waals surface area contributed by atoms with Gasteiger partial charge in [0.15, 0.2) is 11.6 Å². The highest BCUT2D eigenvalue weighted by Crippen LogP contribution is 2.26. The number of benzene rings is 1. The van der Waals surface area contributed by atoms with Crippen molar-refractivity contribution in [1.82, 2.24) is 14.9 Å². The SMILES string of the molecule is O=c1[nH]c(-c2ccco2)nc2c1CN(Cc1ccc(-c3ccc([N+](=O)[O-])cc3)o1)CC2. The lowest BCUT2D eigenvalue weighted by Gasteiger charge is -2.26. The number of non-ortho nitro benzene ring substituents is 1. The Bertz CT molecular complexity index is 1290. The van der Waals surface area contributed by atoms with Crippen LogP contribution in [0.2, 0.25) is 0 Å². The Labute approximate surface area is 176 Å². The molecule has 4 heterocycles. The summed E-state index contributed by atoms with van der Waals surface area (Å²) in [5.41, 5.74) is 2.09. The normalized spacial score (nSPS) is 13.8. The van der Waals surface area contributed by atoms with Gasteiger partial charge in [-0.15, -0.1) is 0 Å². The first kappa shape index (κ1) is 19.0. The fourth-order valence-corrected chi connectivity index (χ4v) is 3.73. The summed E-state index contributed by atoms with van der Waals surface area (Å²) in [7, 11) is 0. The summed E-state index contributed by atoms with van der Waals surface area (Å²) in [6, 6.07) is 13.5. The second-order valence-electron chi connectivity index (χ2n) is 7.35. The molecule has 0 radical (unpaired) electrons. The zero-order chi connectivity index (χ0) is 21.4. The molecule has 1 N–H and O–H groups in total. The number of nitrogens with zero attached hydrogens (tertiary/aromatic N) is 3. The predicted octanol–water partition coefficient (Wildman–Crippen LogP) is 3.76. The highest BCUT2D eigenvalue weighted by Gasteiger charge is 2.23. The van der Waals surface area contributed by atoms with Crippen molar-refractivity contribution in [3.63, 3.8) is 0 Å². The van der Waals surface area contributed by atoms with Crippen LogP contribution in [-0.4, -0.2) is 26.3 Å². The average molecular weight is 418 g/mol. The lowest BCUT2D eigenvalue weighted by atomic mass is 10.1. The van der Waals surface area contributed by atoms with E-state index in [-0.39, 0.29) is 11.2 Å². The molecule has 0 saturated heterocycles. The first-order valence-corrected chi connectivity index (χ1v) is 9.78. The number of aromatic amines is 1. The fraction of sp³-hybridized carbons (Fsp3) is 0.182. The van der Waals surface area contributed by atoms with Crippen LogP contribution in [0, 0.1) is 10.1 Å². The molecule has 0 amide bonds. The molecule has 5 rings (SSSR count). The Balaban J connectivity index is 1.31. The fourth-order valence-electron chi connectivity index (χ4n) is 3.73. The molecule has 0 atom stereocenters. The number of aromatic nitrogens is 2. The zero-order valence-electron chi connectivity index (χ0n) is 16.4. The predicted molar refractivity (Wildman–Crippen MR) is 111 cm³/mol. The van der Waals surface area contributed by atoms with Gasteiger partial charge in [-0.1, -0.05) is 0 Å². The van der Waals surface area contributed by atoms with Crippen molar-refractivity contribution in [3.05, 3.63) is 92.3 Å². The summed E-state index contributed by atoms with van der Waals surface area (Å²) in [6.45, 7) is 1.77. The molecule has 0 spiro atoms. The van der Waals surface area contributed by atoms with Crippen LogP contribution < -0.4 is 5.56 Å². The minimum atomic E-state index is -0.431. The minimum Gasteiger partial charge on any atom is -0.461 e. The molecule has 0 aliphatic carbocycles. The summed E-state index contributed by atoms with van der Waals surface area (Å²) in [6.07, 6.45) is 2.20. The maximum absolute atomic E-state index is 12.6. The molecule has 0 unspecified atom stereocenters. The van der Waals surface area contributed by atoms with Gasteiger partial charge in [-0.3, -0.25) is 19.8 Å². The molecular formula is C22H18N4O5. The molecule has 9 nitrogen and oxygen atoms in total. The van der Waals surface area contributed by atoms with E-state index in [2.05, 4.69) is 14.9 Å². The number of nitro benzene ring substituents is 1. The zero-order valence-corrected chi connectivity index (χ0v) is 16.4. The lowest BCUT2D eigenvalue weighted by Crippen LogP contribution is -2.35. The molecular weight excluding hydrogens is 400 g/mol. The van der Waals surface area contributed by atoms with E-state index in [0.29, 0.717) is 42.4 Å². The van der Waals surface area contributed by atoms with E-state index in [0.717, 1.165) is 23.6 Å². The van der Waals surface area contributed by atoms with Gasteiger partial charge in [-0.05, 0) is 36.4 Å². The van der Waals surface area contributed by atoms with E-state index in [1.165, 1.54) is 12.1 Å². The number of nitro groups is 1. The van der Waals surface area contributed by atoms with Gasteiger partial charge in [0.05, 0.1) is 29.0 Å². The van der Waals surface area contributed by atoms with Gasteiger partial charge in [-0.2, -0.15) is 0 Å². The van der Waals surface area contributed by atoms with Crippen LogP contribution >= 0.6 is 0 Å². The Hall–Kier alpha value is -3.98. The largest absolute Gasteiger partial charge is 0.461 e. The molecule has 1 aliphatic heterocycles. The van der Waals surface area contributed by atoms with E-state index in [9.17, 15) is 14.9 Å². The quantitative estimate of drug-likeness (QED) is 0.387. The van der Waals surface area contributed by atoms with E-state index in [1.54, 1.807) is 30.5 Å².